The van der Waals surface area contributed by atoms with Gasteiger partial charge in [0, 0.05) is 0 Å². The molecule has 5 heteroatoms. The molecule has 0 N–H and O–H groups in total. The molecule has 3 aromatic carbocycles. The Bertz CT molecular complexity index is 1670. The first-order chi connectivity index (χ1) is 16.7. The van der Waals surface area contributed by atoms with Crippen molar-refractivity contribution in [2.24, 2.45) is 5.92 Å². The Hall–Kier alpha value is -1.61. The van der Waals surface area contributed by atoms with Crippen LogP contribution >= 0.6 is 0 Å². The maximum Gasteiger partial charge on any atom is 4.00 e. The second-order valence-electron chi connectivity index (χ2n) is 9.90. The van der Waals surface area contributed by atoms with E-state index in [2.05, 4.69) is 110 Å². The largest absolute Gasteiger partial charge is 4.00 e. The maximum absolute atomic E-state index is 3.76. The molecule has 0 aromatic heterocycles. The fourth-order valence-corrected chi connectivity index (χ4v) is 13.2. The summed E-state index contributed by atoms with van der Waals surface area (Å²) in [5.41, 5.74) is 12.6. The van der Waals surface area contributed by atoms with Gasteiger partial charge in [-0.1, -0.05) is 96.9 Å². The van der Waals surface area contributed by atoms with Gasteiger partial charge in [0.15, 0.2) is 0 Å². The molecule has 1 unspecified atom stereocenters. The van der Waals surface area contributed by atoms with Gasteiger partial charge >= 0.3 is 26.2 Å². The molecule has 3 aliphatic heterocycles. The topological polar surface area (TPSA) is 0 Å². The third-order valence-corrected chi connectivity index (χ3v) is 13.7. The van der Waals surface area contributed by atoms with Crippen molar-refractivity contribution in [3.05, 3.63) is 124 Å². The minimum Gasteiger partial charge on any atom is -1.00 e. The van der Waals surface area contributed by atoms with Crippen LogP contribution < -0.4 is 24.8 Å². The molecule has 0 saturated heterocycles. The fourth-order valence-electron chi connectivity index (χ4n) is 6.22. The van der Waals surface area contributed by atoms with E-state index in [0.717, 1.165) is 0 Å². The van der Waals surface area contributed by atoms with Gasteiger partial charge in [-0.15, -0.1) is 56.0 Å². The van der Waals surface area contributed by atoms with E-state index in [9.17, 15) is 0 Å². The Morgan fingerprint density at radius 2 is 1.70 bits per heavy atom. The van der Waals surface area contributed by atoms with Gasteiger partial charge in [-0.3, -0.25) is 0 Å². The number of hydrogen-bond donors (Lipinski definition) is 0. The Morgan fingerprint density at radius 3 is 2.51 bits per heavy atom. The predicted octanol–water partition coefficient (Wildman–Crippen LogP) is 0.914. The van der Waals surface area contributed by atoms with Gasteiger partial charge in [-0.25, -0.2) is 0 Å². The van der Waals surface area contributed by atoms with Gasteiger partial charge in [0.1, 0.15) is 0 Å². The maximum atomic E-state index is 3.76. The van der Waals surface area contributed by atoms with Crippen molar-refractivity contribution in [1.29, 1.82) is 0 Å². The quantitative estimate of drug-likeness (QED) is 0.257. The molecular formula is C32H26Cl2Si2Zr. The summed E-state index contributed by atoms with van der Waals surface area (Å²) >= 11 is 0. The number of halogens is 2. The Morgan fingerprint density at radius 1 is 0.919 bits per heavy atom. The molecule has 180 valence electrons. The van der Waals surface area contributed by atoms with E-state index in [0.29, 0.717) is 5.92 Å². The molecule has 0 spiro atoms. The number of benzene rings is 2. The van der Waals surface area contributed by atoms with Crippen molar-refractivity contribution in [3.8, 4) is 0 Å². The van der Waals surface area contributed by atoms with Crippen molar-refractivity contribution < 1.29 is 51.0 Å². The van der Waals surface area contributed by atoms with Crippen LogP contribution in [0, 0.1) is 18.9 Å². The third-order valence-electron chi connectivity index (χ3n) is 7.76. The van der Waals surface area contributed by atoms with Crippen LogP contribution in [0.2, 0.25) is 12.1 Å². The molecule has 3 aliphatic carbocycles. The summed E-state index contributed by atoms with van der Waals surface area (Å²) in [7, 11) is -0.947. The summed E-state index contributed by atoms with van der Waals surface area (Å²) in [4.78, 5) is 0. The molecule has 1 atom stereocenters. The van der Waals surface area contributed by atoms with E-state index in [1.165, 1.54) is 55.9 Å². The smallest absolute Gasteiger partial charge is 1.00 e. The Kier molecular flexibility index (Phi) is 8.63. The fraction of sp³-hybridized carbons (Fsp3) is 0.156. The van der Waals surface area contributed by atoms with Crippen molar-refractivity contribution in [3.63, 3.8) is 0 Å². The molecule has 0 radical (unpaired) electrons. The third kappa shape index (κ3) is 4.72. The zero-order chi connectivity index (χ0) is 22.8. The monoisotopic (exact) mass is 626 g/mol. The van der Waals surface area contributed by atoms with Crippen LogP contribution in [-0.2, 0) is 26.2 Å². The van der Waals surface area contributed by atoms with E-state index >= 15 is 0 Å². The Balaban J connectivity index is 0.000000169. The SMILES string of the molecule is CC1=[C-]C2=C3C/1=[Si]1C=C/[Si](=C/2C=C2C=CC=CC23)CC\1.Cc1cc2c(ccc3ccccc32)[cH-]1.[Cl-].[Cl-].[Zr+4]. The summed E-state index contributed by atoms with van der Waals surface area (Å²) in [6.45, 7) is 4.43. The van der Waals surface area contributed by atoms with Gasteiger partial charge < -0.3 is 24.8 Å². The molecular weight excluding hydrogens is 603 g/mol. The molecule has 0 amide bonds. The van der Waals surface area contributed by atoms with Crippen LogP contribution in [0.25, 0.3) is 21.5 Å². The first-order valence-corrected chi connectivity index (χ1v) is 15.9. The number of aryl methyl sites for hydroxylation is 1. The molecule has 0 saturated carbocycles. The van der Waals surface area contributed by atoms with Gasteiger partial charge in [0.25, 0.3) is 0 Å². The zero-order valence-corrected chi connectivity index (χ0v) is 26.9. The summed E-state index contributed by atoms with van der Waals surface area (Å²) < 4.78 is 0. The average molecular weight is 629 g/mol. The average Bonchev–Trinajstić information content (AvgIpc) is 3.45. The minimum atomic E-state index is -0.477. The minimum absolute atomic E-state index is 0. The molecule has 3 aromatic rings. The zero-order valence-electron chi connectivity index (χ0n) is 20.9. The van der Waals surface area contributed by atoms with Crippen molar-refractivity contribution in [1.82, 2.24) is 0 Å². The first-order valence-electron chi connectivity index (χ1n) is 12.3. The van der Waals surface area contributed by atoms with E-state index in [-0.39, 0.29) is 51.0 Å². The summed E-state index contributed by atoms with van der Waals surface area (Å²) in [5, 5.41) is 8.73. The van der Waals surface area contributed by atoms with E-state index in [1.807, 2.05) is 0 Å². The number of fused-ring (bicyclic) bond motifs is 5. The van der Waals surface area contributed by atoms with Crippen molar-refractivity contribution >= 4 is 48.7 Å². The van der Waals surface area contributed by atoms with Gasteiger partial charge in [0.05, 0.1) is 0 Å². The molecule has 6 bridgehead atoms. The van der Waals surface area contributed by atoms with E-state index in [1.54, 1.807) is 15.9 Å². The van der Waals surface area contributed by atoms with Crippen LogP contribution in [0.3, 0.4) is 0 Å². The molecule has 9 rings (SSSR count). The molecule has 37 heavy (non-hydrogen) atoms. The second-order valence-corrected chi connectivity index (χ2v) is 14.7. The van der Waals surface area contributed by atoms with Crippen molar-refractivity contribution in [2.45, 2.75) is 25.9 Å². The molecule has 3 heterocycles. The van der Waals surface area contributed by atoms with Crippen molar-refractivity contribution in [2.75, 3.05) is 0 Å². The van der Waals surface area contributed by atoms with Crippen LogP contribution in [0.5, 0.6) is 0 Å². The normalized spacial score (nSPS) is 23.7. The van der Waals surface area contributed by atoms with Crippen LogP contribution in [0.1, 0.15) is 12.5 Å². The number of allylic oxidation sites excluding steroid dienone is 10. The van der Waals surface area contributed by atoms with E-state index < -0.39 is 16.8 Å². The van der Waals surface area contributed by atoms with Gasteiger partial charge in [0.2, 0.25) is 0 Å². The molecule has 6 aliphatic rings. The number of rotatable bonds is 0. The van der Waals surface area contributed by atoms with Crippen LogP contribution in [0.15, 0.2) is 113 Å². The predicted molar refractivity (Wildman–Crippen MR) is 151 cm³/mol. The number of hydrogen-bond acceptors (Lipinski definition) is 0. The van der Waals surface area contributed by atoms with Gasteiger partial charge in [-0.2, -0.15) is 11.6 Å². The van der Waals surface area contributed by atoms with E-state index in [4.69, 9.17) is 0 Å². The summed E-state index contributed by atoms with van der Waals surface area (Å²) in [6.07, 6.45) is 15.4. The second kappa shape index (κ2) is 11.2. The standard InChI is InChI=1S/C18H15Si2.C14H11.2ClH.Zr/c1-12-10-15-16-11-13-4-2-3-5-14(13)17(15)18(12)20-8-6-19(16)7-9-20;1-10-8-12-7-6-11-4-2-3-5-13(11)14(12)9-10;;;/h2-6,8,11,14H,7,9H2,1H3;2-9H,1H3;2*1H;/q2*-1;;;+4/p-2/b19-16-,20-18+;;;;. The first kappa shape index (κ1) is 28.4. The molecule has 0 fully saturated rings. The summed E-state index contributed by atoms with van der Waals surface area (Å²) in [6, 6.07) is 20.3. The Labute approximate surface area is 254 Å². The van der Waals surface area contributed by atoms with Crippen LogP contribution in [0.4, 0.5) is 0 Å². The van der Waals surface area contributed by atoms with Gasteiger partial charge in [-0.05, 0) is 40.2 Å². The van der Waals surface area contributed by atoms with Crippen LogP contribution in [-0.4, -0.2) is 27.2 Å². The molecule has 0 nitrogen and oxygen atoms in total. The summed E-state index contributed by atoms with van der Waals surface area (Å²) in [5.74, 6) is 0.506.